The number of aryl methyl sites for hydroxylation is 1. The predicted octanol–water partition coefficient (Wildman–Crippen LogP) is 1.66. The van der Waals surface area contributed by atoms with Gasteiger partial charge in [0.1, 0.15) is 5.76 Å². The Kier molecular flexibility index (Phi) is 3.52. The van der Waals surface area contributed by atoms with Crippen LogP contribution in [0.1, 0.15) is 37.1 Å². The van der Waals surface area contributed by atoms with Crippen molar-refractivity contribution in [2.45, 2.75) is 39.3 Å². The first-order chi connectivity index (χ1) is 8.13. The van der Waals surface area contributed by atoms with E-state index in [-0.39, 0.29) is 18.0 Å². The van der Waals surface area contributed by atoms with Gasteiger partial charge in [0.2, 0.25) is 0 Å². The summed E-state index contributed by atoms with van der Waals surface area (Å²) in [4.78, 5) is 14.3. The van der Waals surface area contributed by atoms with Gasteiger partial charge in [-0.15, -0.1) is 0 Å². The summed E-state index contributed by atoms with van der Waals surface area (Å²) in [5, 5.41) is 3.31. The van der Waals surface area contributed by atoms with E-state index in [0.717, 1.165) is 25.3 Å². The van der Waals surface area contributed by atoms with Crippen molar-refractivity contribution in [3.05, 3.63) is 23.7 Å². The smallest absolute Gasteiger partial charge is 0.290 e. The maximum absolute atomic E-state index is 12.4. The molecule has 17 heavy (non-hydrogen) atoms. The summed E-state index contributed by atoms with van der Waals surface area (Å²) in [5.74, 6) is 1.33. The van der Waals surface area contributed by atoms with E-state index in [1.807, 2.05) is 17.9 Å². The molecular weight excluding hydrogens is 216 g/mol. The molecule has 0 spiro atoms. The lowest BCUT2D eigenvalue weighted by atomic mass is 10.1. The highest BCUT2D eigenvalue weighted by Gasteiger charge is 2.30. The molecule has 0 bridgehead atoms. The standard InChI is InChI=1S/C13H20N2O2/c1-4-11-5-6-12(17-11)13(16)15-9(2)7-14-8-10(15)3/h5-6,9-10,14H,4,7-8H2,1-3H3. The molecule has 2 rings (SSSR count). The molecule has 2 atom stereocenters. The molecular formula is C13H20N2O2. The van der Waals surface area contributed by atoms with Crippen molar-refractivity contribution in [2.24, 2.45) is 0 Å². The molecule has 0 saturated carbocycles. The van der Waals surface area contributed by atoms with Gasteiger partial charge in [0.15, 0.2) is 5.76 Å². The largest absolute Gasteiger partial charge is 0.456 e. The van der Waals surface area contributed by atoms with Gasteiger partial charge < -0.3 is 14.6 Å². The summed E-state index contributed by atoms with van der Waals surface area (Å²) in [5.41, 5.74) is 0. The van der Waals surface area contributed by atoms with Crippen LogP contribution in [0.4, 0.5) is 0 Å². The number of amides is 1. The minimum Gasteiger partial charge on any atom is -0.456 e. The summed E-state index contributed by atoms with van der Waals surface area (Å²) >= 11 is 0. The molecule has 1 fully saturated rings. The number of carbonyl (C=O) groups is 1. The number of rotatable bonds is 2. The van der Waals surface area contributed by atoms with Gasteiger partial charge in [-0.1, -0.05) is 6.92 Å². The number of nitrogens with one attached hydrogen (secondary N) is 1. The Balaban J connectivity index is 2.17. The van der Waals surface area contributed by atoms with E-state index in [2.05, 4.69) is 19.2 Å². The molecule has 1 aromatic heterocycles. The third-order valence-corrected chi connectivity index (χ3v) is 3.28. The second-order valence-electron chi connectivity index (χ2n) is 4.69. The molecule has 2 unspecified atom stereocenters. The van der Waals surface area contributed by atoms with Crippen molar-refractivity contribution in [3.8, 4) is 0 Å². The Bertz CT molecular complexity index is 390. The number of hydrogen-bond donors (Lipinski definition) is 1. The fraction of sp³-hybridized carbons (Fsp3) is 0.615. The Labute approximate surface area is 102 Å². The molecule has 1 aromatic rings. The quantitative estimate of drug-likeness (QED) is 0.849. The minimum absolute atomic E-state index is 0.00574. The van der Waals surface area contributed by atoms with Gasteiger partial charge in [-0.2, -0.15) is 0 Å². The van der Waals surface area contributed by atoms with E-state index in [4.69, 9.17) is 4.42 Å². The zero-order valence-electron chi connectivity index (χ0n) is 10.7. The van der Waals surface area contributed by atoms with Crippen molar-refractivity contribution < 1.29 is 9.21 Å². The van der Waals surface area contributed by atoms with E-state index in [1.54, 1.807) is 6.07 Å². The van der Waals surface area contributed by atoms with Crippen LogP contribution in [-0.2, 0) is 6.42 Å². The molecule has 0 aromatic carbocycles. The molecule has 2 heterocycles. The Hall–Kier alpha value is -1.29. The minimum atomic E-state index is 0.00574. The summed E-state index contributed by atoms with van der Waals surface area (Å²) in [6.07, 6.45) is 0.819. The zero-order valence-corrected chi connectivity index (χ0v) is 10.7. The van der Waals surface area contributed by atoms with Gasteiger partial charge in [-0.05, 0) is 26.0 Å². The number of nitrogens with zero attached hydrogens (tertiary/aromatic N) is 1. The lowest BCUT2D eigenvalue weighted by Gasteiger charge is -2.38. The Morgan fingerprint density at radius 2 is 2.06 bits per heavy atom. The second kappa shape index (κ2) is 4.92. The van der Waals surface area contributed by atoms with Gasteiger partial charge in [0.25, 0.3) is 5.91 Å². The van der Waals surface area contributed by atoms with Gasteiger partial charge in [-0.3, -0.25) is 4.79 Å². The predicted molar refractivity (Wildman–Crippen MR) is 66.0 cm³/mol. The Morgan fingerprint density at radius 3 is 2.59 bits per heavy atom. The average Bonchev–Trinajstić information content (AvgIpc) is 2.77. The van der Waals surface area contributed by atoms with Crippen molar-refractivity contribution in [3.63, 3.8) is 0 Å². The van der Waals surface area contributed by atoms with Crippen LogP contribution in [0.15, 0.2) is 16.5 Å². The average molecular weight is 236 g/mol. The van der Waals surface area contributed by atoms with Crippen LogP contribution >= 0.6 is 0 Å². The number of hydrogen-bond acceptors (Lipinski definition) is 3. The molecule has 0 aliphatic carbocycles. The van der Waals surface area contributed by atoms with E-state index in [0.29, 0.717) is 5.76 Å². The SMILES string of the molecule is CCc1ccc(C(=O)N2C(C)CNCC2C)o1. The normalized spacial score (nSPS) is 25.0. The first-order valence-corrected chi connectivity index (χ1v) is 6.25. The van der Waals surface area contributed by atoms with Gasteiger partial charge in [-0.25, -0.2) is 0 Å². The molecule has 4 nitrogen and oxygen atoms in total. The topological polar surface area (TPSA) is 45.5 Å². The van der Waals surface area contributed by atoms with Crippen molar-refractivity contribution in [2.75, 3.05) is 13.1 Å². The van der Waals surface area contributed by atoms with Crippen LogP contribution in [-0.4, -0.2) is 36.0 Å². The zero-order chi connectivity index (χ0) is 12.4. The number of carbonyl (C=O) groups excluding carboxylic acids is 1. The van der Waals surface area contributed by atoms with Gasteiger partial charge in [0, 0.05) is 31.6 Å². The molecule has 1 aliphatic rings. The maximum Gasteiger partial charge on any atom is 0.290 e. The summed E-state index contributed by atoms with van der Waals surface area (Å²) in [6, 6.07) is 4.08. The van der Waals surface area contributed by atoms with Crippen LogP contribution in [0.2, 0.25) is 0 Å². The van der Waals surface area contributed by atoms with Crippen LogP contribution < -0.4 is 5.32 Å². The van der Waals surface area contributed by atoms with Crippen molar-refractivity contribution >= 4 is 5.91 Å². The van der Waals surface area contributed by atoms with E-state index in [9.17, 15) is 4.79 Å². The fourth-order valence-corrected chi connectivity index (χ4v) is 2.34. The second-order valence-corrected chi connectivity index (χ2v) is 4.69. The van der Waals surface area contributed by atoms with Crippen LogP contribution in [0.3, 0.4) is 0 Å². The molecule has 1 saturated heterocycles. The van der Waals surface area contributed by atoms with Crippen LogP contribution in [0.5, 0.6) is 0 Å². The number of piperazine rings is 1. The monoisotopic (exact) mass is 236 g/mol. The molecule has 1 aliphatic heterocycles. The van der Waals surface area contributed by atoms with E-state index >= 15 is 0 Å². The summed E-state index contributed by atoms with van der Waals surface area (Å²) in [6.45, 7) is 7.83. The molecule has 94 valence electrons. The van der Waals surface area contributed by atoms with Gasteiger partial charge >= 0.3 is 0 Å². The third kappa shape index (κ3) is 2.36. The highest BCUT2D eigenvalue weighted by molar-refractivity contribution is 5.92. The Morgan fingerprint density at radius 1 is 1.41 bits per heavy atom. The van der Waals surface area contributed by atoms with Crippen molar-refractivity contribution in [1.29, 1.82) is 0 Å². The highest BCUT2D eigenvalue weighted by Crippen LogP contribution is 2.17. The molecule has 1 amide bonds. The molecule has 4 heteroatoms. The molecule has 1 N–H and O–H groups in total. The number of furan rings is 1. The van der Waals surface area contributed by atoms with E-state index < -0.39 is 0 Å². The lowest BCUT2D eigenvalue weighted by Crippen LogP contribution is -2.57. The maximum atomic E-state index is 12.4. The summed E-state index contributed by atoms with van der Waals surface area (Å²) < 4.78 is 5.53. The highest BCUT2D eigenvalue weighted by atomic mass is 16.4. The first kappa shape index (κ1) is 12.2. The first-order valence-electron chi connectivity index (χ1n) is 6.25. The van der Waals surface area contributed by atoms with E-state index in [1.165, 1.54) is 0 Å². The van der Waals surface area contributed by atoms with Crippen LogP contribution in [0, 0.1) is 0 Å². The fourth-order valence-electron chi connectivity index (χ4n) is 2.34. The van der Waals surface area contributed by atoms with Gasteiger partial charge in [0.05, 0.1) is 0 Å². The van der Waals surface area contributed by atoms with Crippen LogP contribution in [0.25, 0.3) is 0 Å². The third-order valence-electron chi connectivity index (χ3n) is 3.28. The van der Waals surface area contributed by atoms with Crippen molar-refractivity contribution in [1.82, 2.24) is 10.2 Å². The molecule has 0 radical (unpaired) electrons. The summed E-state index contributed by atoms with van der Waals surface area (Å²) in [7, 11) is 0. The lowest BCUT2D eigenvalue weighted by molar-refractivity contribution is 0.0510.